The van der Waals surface area contributed by atoms with Gasteiger partial charge in [0.25, 0.3) is 0 Å². The highest BCUT2D eigenvalue weighted by Gasteiger charge is 2.16. The lowest BCUT2D eigenvalue weighted by Crippen LogP contribution is -2.32. The Morgan fingerprint density at radius 2 is 2.08 bits per heavy atom. The standard InChI is InChI=1S/C14H16F2N4O4S/c1-8(10-4-3-9(15)5-11(10)16)6-17-13(21)19-14-18-12(20-24-14)7-25(2,22)23/h3-5,8H,6-7H2,1-2H3,(H2,17,18,19,20,21)/t8-/m0/s1. The maximum Gasteiger partial charge on any atom is 0.329 e. The van der Waals surface area contributed by atoms with Gasteiger partial charge in [0.2, 0.25) is 0 Å². The lowest BCUT2D eigenvalue weighted by atomic mass is 10.0. The summed E-state index contributed by atoms with van der Waals surface area (Å²) in [5.74, 6) is -2.28. The Morgan fingerprint density at radius 1 is 1.36 bits per heavy atom. The van der Waals surface area contributed by atoms with Crippen molar-refractivity contribution in [2.75, 3.05) is 18.1 Å². The molecule has 1 aromatic carbocycles. The predicted molar refractivity (Wildman–Crippen MR) is 84.6 cm³/mol. The van der Waals surface area contributed by atoms with E-state index in [1.54, 1.807) is 6.92 Å². The average molecular weight is 374 g/mol. The van der Waals surface area contributed by atoms with Crippen LogP contribution in [0.1, 0.15) is 24.2 Å². The first-order valence-corrected chi connectivity index (χ1v) is 9.20. The normalized spacial score (nSPS) is 12.6. The number of nitrogens with zero attached hydrogens (tertiary/aromatic N) is 2. The minimum absolute atomic E-state index is 0.0682. The zero-order valence-corrected chi connectivity index (χ0v) is 14.2. The maximum atomic E-state index is 13.7. The summed E-state index contributed by atoms with van der Waals surface area (Å²) in [6, 6.07) is 2.26. The number of hydrogen-bond donors (Lipinski definition) is 2. The second-order valence-corrected chi connectivity index (χ2v) is 7.63. The minimum Gasteiger partial charge on any atom is -0.337 e. The van der Waals surface area contributed by atoms with Crippen molar-refractivity contribution < 1.29 is 26.5 Å². The Bertz CT molecular complexity index is 869. The number of sulfone groups is 1. The molecule has 2 N–H and O–H groups in total. The number of nitrogens with one attached hydrogen (secondary N) is 2. The van der Waals surface area contributed by atoms with Crippen molar-refractivity contribution in [1.29, 1.82) is 0 Å². The third-order valence-electron chi connectivity index (χ3n) is 3.14. The van der Waals surface area contributed by atoms with Gasteiger partial charge in [-0.2, -0.15) is 4.98 Å². The molecule has 1 heterocycles. The Hall–Kier alpha value is -2.56. The molecule has 2 amide bonds. The van der Waals surface area contributed by atoms with Crippen LogP contribution in [-0.4, -0.2) is 37.4 Å². The van der Waals surface area contributed by atoms with Crippen LogP contribution in [0.2, 0.25) is 0 Å². The van der Waals surface area contributed by atoms with E-state index in [0.29, 0.717) is 0 Å². The summed E-state index contributed by atoms with van der Waals surface area (Å²) in [7, 11) is -3.33. The molecular formula is C14H16F2N4O4S. The fourth-order valence-electron chi connectivity index (χ4n) is 2.00. The van der Waals surface area contributed by atoms with Gasteiger partial charge < -0.3 is 9.84 Å². The third-order valence-corrected chi connectivity index (χ3v) is 3.92. The molecule has 0 aliphatic carbocycles. The molecule has 8 nitrogen and oxygen atoms in total. The largest absolute Gasteiger partial charge is 0.337 e. The van der Waals surface area contributed by atoms with E-state index in [9.17, 15) is 22.0 Å². The summed E-state index contributed by atoms with van der Waals surface area (Å²) in [5, 5.41) is 8.14. The zero-order valence-electron chi connectivity index (χ0n) is 13.4. The molecule has 2 rings (SSSR count). The highest BCUT2D eigenvalue weighted by molar-refractivity contribution is 7.89. The summed E-state index contributed by atoms with van der Waals surface area (Å²) in [5.41, 5.74) is 0.259. The maximum absolute atomic E-state index is 13.7. The lowest BCUT2D eigenvalue weighted by molar-refractivity contribution is 0.250. The van der Waals surface area contributed by atoms with E-state index in [1.165, 1.54) is 6.07 Å². The van der Waals surface area contributed by atoms with E-state index in [1.807, 2.05) is 0 Å². The second-order valence-electron chi connectivity index (χ2n) is 5.49. The fraction of sp³-hybridized carbons (Fsp3) is 0.357. The third kappa shape index (κ3) is 5.78. The van der Waals surface area contributed by atoms with Gasteiger partial charge in [0, 0.05) is 24.8 Å². The van der Waals surface area contributed by atoms with Crippen LogP contribution < -0.4 is 10.6 Å². The number of benzene rings is 1. The van der Waals surface area contributed by atoms with E-state index in [2.05, 4.69) is 20.8 Å². The van der Waals surface area contributed by atoms with Gasteiger partial charge >= 0.3 is 12.0 Å². The Morgan fingerprint density at radius 3 is 2.72 bits per heavy atom. The summed E-state index contributed by atoms with van der Waals surface area (Å²) in [6.07, 6.45) is 1.01. The molecule has 136 valence electrons. The fourth-order valence-corrected chi connectivity index (χ4v) is 2.58. The lowest BCUT2D eigenvalue weighted by Gasteiger charge is -2.13. The monoisotopic (exact) mass is 374 g/mol. The van der Waals surface area contributed by atoms with Crippen molar-refractivity contribution in [3.05, 3.63) is 41.2 Å². The number of urea groups is 1. The first kappa shape index (κ1) is 18.8. The topological polar surface area (TPSA) is 114 Å². The Labute approximate surface area is 142 Å². The SMILES string of the molecule is C[C@@H](CNC(=O)Nc1nc(CS(C)(=O)=O)no1)c1ccc(F)cc1F. The van der Waals surface area contributed by atoms with Crippen LogP contribution >= 0.6 is 0 Å². The minimum atomic E-state index is -3.33. The molecule has 0 radical (unpaired) electrons. The van der Waals surface area contributed by atoms with Crippen molar-refractivity contribution in [2.24, 2.45) is 0 Å². The molecule has 0 aliphatic heterocycles. The van der Waals surface area contributed by atoms with Crippen LogP contribution in [0.5, 0.6) is 0 Å². The van der Waals surface area contributed by atoms with Crippen LogP contribution in [0.3, 0.4) is 0 Å². The van der Waals surface area contributed by atoms with Gasteiger partial charge in [-0.25, -0.2) is 22.0 Å². The van der Waals surface area contributed by atoms with E-state index in [4.69, 9.17) is 4.52 Å². The summed E-state index contributed by atoms with van der Waals surface area (Å²) in [6.45, 7) is 1.73. The van der Waals surface area contributed by atoms with Gasteiger partial charge in [0.05, 0.1) is 0 Å². The van der Waals surface area contributed by atoms with E-state index >= 15 is 0 Å². The molecular weight excluding hydrogens is 358 g/mol. The number of aromatic nitrogens is 2. The number of anilines is 1. The number of rotatable bonds is 6. The molecule has 25 heavy (non-hydrogen) atoms. The van der Waals surface area contributed by atoms with Crippen LogP contribution in [0.4, 0.5) is 19.6 Å². The summed E-state index contributed by atoms with van der Waals surface area (Å²) < 4.78 is 53.5. The van der Waals surface area contributed by atoms with Crippen LogP contribution in [-0.2, 0) is 15.6 Å². The zero-order chi connectivity index (χ0) is 18.6. The quantitative estimate of drug-likeness (QED) is 0.797. The second kappa shape index (κ2) is 7.55. The number of halogens is 2. The molecule has 2 aromatic rings. The van der Waals surface area contributed by atoms with Gasteiger partial charge in [0.15, 0.2) is 15.7 Å². The van der Waals surface area contributed by atoms with Crippen LogP contribution in [0, 0.1) is 11.6 Å². The molecule has 0 fully saturated rings. The van der Waals surface area contributed by atoms with Gasteiger partial charge in [-0.05, 0) is 11.6 Å². The number of amides is 2. The van der Waals surface area contributed by atoms with E-state index in [0.717, 1.165) is 18.4 Å². The van der Waals surface area contributed by atoms with Crippen molar-refractivity contribution in [2.45, 2.75) is 18.6 Å². The van der Waals surface area contributed by atoms with Crippen molar-refractivity contribution in [3.63, 3.8) is 0 Å². The summed E-state index contributed by atoms with van der Waals surface area (Å²) >= 11 is 0. The number of hydrogen-bond acceptors (Lipinski definition) is 6. The first-order chi connectivity index (χ1) is 11.6. The molecule has 0 saturated carbocycles. The summed E-state index contributed by atoms with van der Waals surface area (Å²) in [4.78, 5) is 15.5. The molecule has 0 spiro atoms. The highest BCUT2D eigenvalue weighted by atomic mass is 32.2. The van der Waals surface area contributed by atoms with Crippen molar-refractivity contribution >= 4 is 21.9 Å². The number of carbonyl (C=O) groups is 1. The molecule has 1 atom stereocenters. The molecule has 0 saturated heterocycles. The Balaban J connectivity index is 1.88. The van der Waals surface area contributed by atoms with Gasteiger partial charge in [-0.15, -0.1) is 0 Å². The van der Waals surface area contributed by atoms with E-state index < -0.39 is 39.2 Å². The highest BCUT2D eigenvalue weighted by Crippen LogP contribution is 2.19. The van der Waals surface area contributed by atoms with Crippen molar-refractivity contribution in [1.82, 2.24) is 15.5 Å². The van der Waals surface area contributed by atoms with Gasteiger partial charge in [-0.1, -0.05) is 18.1 Å². The van der Waals surface area contributed by atoms with E-state index in [-0.39, 0.29) is 23.9 Å². The Kier molecular flexibility index (Phi) is 5.67. The van der Waals surface area contributed by atoms with Crippen molar-refractivity contribution in [3.8, 4) is 0 Å². The average Bonchev–Trinajstić information content (AvgIpc) is 2.89. The first-order valence-electron chi connectivity index (χ1n) is 7.14. The molecule has 1 aromatic heterocycles. The van der Waals surface area contributed by atoms with Gasteiger partial charge in [0.1, 0.15) is 17.4 Å². The van der Waals surface area contributed by atoms with Crippen LogP contribution in [0.15, 0.2) is 22.7 Å². The molecule has 11 heteroatoms. The smallest absolute Gasteiger partial charge is 0.329 e. The molecule has 0 unspecified atom stereocenters. The van der Waals surface area contributed by atoms with Gasteiger partial charge in [-0.3, -0.25) is 5.32 Å². The molecule has 0 bridgehead atoms. The predicted octanol–water partition coefficient (Wildman–Crippen LogP) is 1.82. The molecule has 0 aliphatic rings. The number of carbonyl (C=O) groups excluding carboxylic acids is 1. The van der Waals surface area contributed by atoms with Crippen LogP contribution in [0.25, 0.3) is 0 Å².